The molecular weight excluding hydrogens is 240 g/mol. The molecule has 0 bridgehead atoms. The monoisotopic (exact) mass is 264 g/mol. The van der Waals surface area contributed by atoms with E-state index in [1.165, 1.54) is 27.8 Å². The van der Waals surface area contributed by atoms with Crippen LogP contribution in [0.1, 0.15) is 48.6 Å². The van der Waals surface area contributed by atoms with Gasteiger partial charge in [-0.1, -0.05) is 75.4 Å². The minimum atomic E-state index is 1.10. The summed E-state index contributed by atoms with van der Waals surface area (Å²) in [4.78, 5) is 0. The van der Waals surface area contributed by atoms with E-state index in [4.69, 9.17) is 0 Å². The van der Waals surface area contributed by atoms with E-state index in [0.29, 0.717) is 0 Å². The van der Waals surface area contributed by atoms with Crippen molar-refractivity contribution in [2.45, 2.75) is 40.0 Å². The van der Waals surface area contributed by atoms with E-state index in [2.05, 4.69) is 75.4 Å². The molecule has 0 radical (unpaired) electrons. The predicted molar refractivity (Wildman–Crippen MR) is 89.9 cm³/mol. The largest absolute Gasteiger partial charge is 0.0613 e. The molecule has 0 saturated heterocycles. The smallest absolute Gasteiger partial charge is 0.0251 e. The van der Waals surface area contributed by atoms with Gasteiger partial charge >= 0.3 is 0 Å². The van der Waals surface area contributed by atoms with Gasteiger partial charge in [-0.2, -0.15) is 0 Å². The first-order valence-corrected chi connectivity index (χ1v) is 7.65. The topological polar surface area (TPSA) is 0 Å². The maximum atomic E-state index is 2.31. The number of aryl methyl sites for hydroxylation is 3. The highest BCUT2D eigenvalue weighted by Crippen LogP contribution is 2.15. The highest BCUT2D eigenvalue weighted by Gasteiger charge is 1.97. The summed E-state index contributed by atoms with van der Waals surface area (Å²) in [6.45, 7) is 6.62. The van der Waals surface area contributed by atoms with Crippen LogP contribution in [-0.2, 0) is 19.3 Å². The summed E-state index contributed by atoms with van der Waals surface area (Å²) in [6, 6.07) is 15.7. The van der Waals surface area contributed by atoms with E-state index in [9.17, 15) is 0 Å². The third kappa shape index (κ3) is 3.84. The van der Waals surface area contributed by atoms with Crippen molar-refractivity contribution in [1.29, 1.82) is 0 Å². The molecule has 0 saturated carbocycles. The lowest BCUT2D eigenvalue weighted by molar-refractivity contribution is 1.08. The minimum Gasteiger partial charge on any atom is -0.0613 e. The molecule has 104 valence electrons. The van der Waals surface area contributed by atoms with Crippen LogP contribution in [0, 0.1) is 0 Å². The molecule has 0 aliphatic carbocycles. The van der Waals surface area contributed by atoms with Crippen molar-refractivity contribution in [3.05, 3.63) is 70.3 Å². The van der Waals surface area contributed by atoms with Gasteiger partial charge in [0.15, 0.2) is 0 Å². The van der Waals surface area contributed by atoms with E-state index in [1.54, 1.807) is 0 Å². The Balaban J connectivity index is 2.21. The Bertz CT molecular complexity index is 551. The maximum absolute atomic E-state index is 2.31. The van der Waals surface area contributed by atoms with Gasteiger partial charge in [0.1, 0.15) is 0 Å². The SMILES string of the molecule is CCc1ccc(/C=C/c2cc(CC)cc(CC)c2)cc1. The third-order valence-corrected chi connectivity index (χ3v) is 3.75. The molecule has 0 N–H and O–H groups in total. The summed E-state index contributed by atoms with van der Waals surface area (Å²) in [5.41, 5.74) is 6.81. The Morgan fingerprint density at radius 1 is 0.600 bits per heavy atom. The van der Waals surface area contributed by atoms with Crippen molar-refractivity contribution in [3.63, 3.8) is 0 Å². The number of benzene rings is 2. The van der Waals surface area contributed by atoms with Crippen LogP contribution in [-0.4, -0.2) is 0 Å². The molecule has 2 rings (SSSR count). The Morgan fingerprint density at radius 3 is 1.60 bits per heavy atom. The molecule has 2 aromatic carbocycles. The van der Waals surface area contributed by atoms with Crippen molar-refractivity contribution < 1.29 is 0 Å². The summed E-state index contributed by atoms with van der Waals surface area (Å²) in [5.74, 6) is 0. The molecule has 0 unspecified atom stereocenters. The zero-order valence-corrected chi connectivity index (χ0v) is 12.8. The molecule has 2 aromatic rings. The van der Waals surface area contributed by atoms with Crippen molar-refractivity contribution >= 4 is 12.2 Å². The minimum absolute atomic E-state index is 1.10. The summed E-state index contributed by atoms with van der Waals surface area (Å²) >= 11 is 0. The first-order valence-electron chi connectivity index (χ1n) is 7.65. The summed E-state index contributed by atoms with van der Waals surface area (Å²) in [5, 5.41) is 0. The van der Waals surface area contributed by atoms with E-state index in [0.717, 1.165) is 19.3 Å². The van der Waals surface area contributed by atoms with Crippen LogP contribution in [0.15, 0.2) is 42.5 Å². The predicted octanol–water partition coefficient (Wildman–Crippen LogP) is 5.54. The fourth-order valence-electron chi connectivity index (χ4n) is 2.35. The quantitative estimate of drug-likeness (QED) is 0.622. The highest BCUT2D eigenvalue weighted by atomic mass is 14.0. The van der Waals surface area contributed by atoms with E-state index in [1.807, 2.05) is 0 Å². The normalized spacial score (nSPS) is 11.2. The average Bonchev–Trinajstić information content (AvgIpc) is 2.53. The van der Waals surface area contributed by atoms with Gasteiger partial charge in [-0.3, -0.25) is 0 Å². The molecule has 0 spiro atoms. The first kappa shape index (κ1) is 14.6. The molecule has 0 heterocycles. The molecule has 0 atom stereocenters. The fourth-order valence-corrected chi connectivity index (χ4v) is 2.35. The fraction of sp³-hybridized carbons (Fsp3) is 0.300. The van der Waals surface area contributed by atoms with Crippen molar-refractivity contribution in [2.75, 3.05) is 0 Å². The van der Waals surface area contributed by atoms with Crippen LogP contribution in [0.2, 0.25) is 0 Å². The Hall–Kier alpha value is -1.82. The van der Waals surface area contributed by atoms with E-state index >= 15 is 0 Å². The zero-order chi connectivity index (χ0) is 14.4. The van der Waals surface area contributed by atoms with Gasteiger partial charge in [0, 0.05) is 0 Å². The van der Waals surface area contributed by atoms with E-state index in [-0.39, 0.29) is 0 Å². The molecule has 20 heavy (non-hydrogen) atoms. The maximum Gasteiger partial charge on any atom is -0.0251 e. The number of rotatable bonds is 5. The van der Waals surface area contributed by atoms with Gasteiger partial charge in [-0.15, -0.1) is 0 Å². The summed E-state index contributed by atoms with van der Waals surface area (Å²) < 4.78 is 0. The lowest BCUT2D eigenvalue weighted by Crippen LogP contribution is -1.88. The second kappa shape index (κ2) is 7.09. The molecule has 0 aromatic heterocycles. The average molecular weight is 264 g/mol. The van der Waals surface area contributed by atoms with Gasteiger partial charge < -0.3 is 0 Å². The van der Waals surface area contributed by atoms with Crippen LogP contribution in [0.5, 0.6) is 0 Å². The van der Waals surface area contributed by atoms with Crippen LogP contribution < -0.4 is 0 Å². The van der Waals surface area contributed by atoms with Gasteiger partial charge in [-0.05, 0) is 47.1 Å². The zero-order valence-electron chi connectivity index (χ0n) is 12.8. The highest BCUT2D eigenvalue weighted by molar-refractivity contribution is 5.70. The Morgan fingerprint density at radius 2 is 1.10 bits per heavy atom. The molecule has 0 aliphatic heterocycles. The first-order chi connectivity index (χ1) is 9.75. The lowest BCUT2D eigenvalue weighted by atomic mass is 10.0. The van der Waals surface area contributed by atoms with Crippen molar-refractivity contribution in [1.82, 2.24) is 0 Å². The number of hydrogen-bond acceptors (Lipinski definition) is 0. The summed E-state index contributed by atoms with van der Waals surface area (Å²) in [7, 11) is 0. The summed E-state index contributed by atoms with van der Waals surface area (Å²) in [6.07, 6.45) is 7.72. The van der Waals surface area contributed by atoms with E-state index < -0.39 is 0 Å². The standard InChI is InChI=1S/C20H24/c1-4-16-7-9-19(10-8-16)11-12-20-14-17(5-2)13-18(6-3)15-20/h7-15H,4-6H2,1-3H3/b12-11+. The third-order valence-electron chi connectivity index (χ3n) is 3.75. The van der Waals surface area contributed by atoms with Crippen molar-refractivity contribution in [3.8, 4) is 0 Å². The Kier molecular flexibility index (Phi) is 5.17. The van der Waals surface area contributed by atoms with Crippen LogP contribution in [0.3, 0.4) is 0 Å². The second-order valence-electron chi connectivity index (χ2n) is 5.22. The van der Waals surface area contributed by atoms with Crippen LogP contribution in [0.4, 0.5) is 0 Å². The van der Waals surface area contributed by atoms with Crippen LogP contribution >= 0.6 is 0 Å². The molecule has 0 heteroatoms. The lowest BCUT2D eigenvalue weighted by Gasteiger charge is -2.04. The van der Waals surface area contributed by atoms with Crippen molar-refractivity contribution in [2.24, 2.45) is 0 Å². The molecule has 0 fully saturated rings. The molecule has 0 aliphatic rings. The Labute approximate surface area is 123 Å². The van der Waals surface area contributed by atoms with Gasteiger partial charge in [0.05, 0.1) is 0 Å². The molecular formula is C20H24. The number of hydrogen-bond donors (Lipinski definition) is 0. The van der Waals surface area contributed by atoms with Crippen LogP contribution in [0.25, 0.3) is 12.2 Å². The molecule has 0 amide bonds. The van der Waals surface area contributed by atoms with Gasteiger partial charge in [0.2, 0.25) is 0 Å². The van der Waals surface area contributed by atoms with Gasteiger partial charge in [-0.25, -0.2) is 0 Å². The molecule has 0 nitrogen and oxygen atoms in total. The second-order valence-corrected chi connectivity index (χ2v) is 5.22. The van der Waals surface area contributed by atoms with Gasteiger partial charge in [0.25, 0.3) is 0 Å².